The number of benzene rings is 1. The maximum atomic E-state index is 9.72. The quantitative estimate of drug-likeness (QED) is 0.576. The van der Waals surface area contributed by atoms with Crippen molar-refractivity contribution in [3.63, 3.8) is 0 Å². The van der Waals surface area contributed by atoms with Crippen LogP contribution < -0.4 is 0 Å². The Morgan fingerprint density at radius 1 is 1.14 bits per heavy atom. The minimum atomic E-state index is 0.0225. The van der Waals surface area contributed by atoms with E-state index in [1.165, 1.54) is 36.1 Å². The lowest BCUT2D eigenvalue weighted by molar-refractivity contribution is 0.0630. The van der Waals surface area contributed by atoms with E-state index in [0.717, 1.165) is 45.3 Å². The van der Waals surface area contributed by atoms with Gasteiger partial charge in [-0.05, 0) is 55.6 Å². The number of aliphatic hydroxyl groups excluding tert-OH is 2. The molecule has 0 bridgehead atoms. The molecule has 2 saturated heterocycles. The molecule has 4 nitrogen and oxygen atoms in total. The van der Waals surface area contributed by atoms with Gasteiger partial charge in [-0.3, -0.25) is 4.90 Å². The summed E-state index contributed by atoms with van der Waals surface area (Å²) in [5, 5.41) is 19.4. The molecule has 29 heavy (non-hydrogen) atoms. The van der Waals surface area contributed by atoms with Crippen molar-refractivity contribution in [3.8, 4) is 0 Å². The van der Waals surface area contributed by atoms with Gasteiger partial charge in [0.05, 0.1) is 6.04 Å². The van der Waals surface area contributed by atoms with Gasteiger partial charge in [-0.25, -0.2) is 0 Å². The largest absolute Gasteiger partial charge is 0.396 e. The fourth-order valence-corrected chi connectivity index (χ4v) is 5.66. The third-order valence-corrected chi connectivity index (χ3v) is 7.24. The molecule has 2 aliphatic heterocycles. The summed E-state index contributed by atoms with van der Waals surface area (Å²) in [6, 6.07) is 9.49. The number of rotatable bonds is 10. The first-order chi connectivity index (χ1) is 14.0. The SMILES string of the molecule is C=C(CCCCC)N1CCN2CC(CCO)(CCO)CC2C1c1ccccc1C. The number of nitrogens with zero attached hydrogens (tertiary/aromatic N) is 2. The summed E-state index contributed by atoms with van der Waals surface area (Å²) < 4.78 is 0. The molecule has 2 unspecified atom stereocenters. The van der Waals surface area contributed by atoms with E-state index in [1.807, 2.05) is 0 Å². The highest BCUT2D eigenvalue weighted by atomic mass is 16.3. The molecule has 1 aromatic carbocycles. The van der Waals surface area contributed by atoms with Gasteiger partial charge in [0.25, 0.3) is 0 Å². The molecule has 0 aliphatic carbocycles. The van der Waals surface area contributed by atoms with E-state index in [1.54, 1.807) is 0 Å². The summed E-state index contributed by atoms with van der Waals surface area (Å²) in [5.41, 5.74) is 4.04. The van der Waals surface area contributed by atoms with E-state index in [2.05, 4.69) is 54.5 Å². The zero-order valence-electron chi connectivity index (χ0n) is 18.4. The fourth-order valence-electron chi connectivity index (χ4n) is 5.66. The highest BCUT2D eigenvalue weighted by Crippen LogP contribution is 2.49. The van der Waals surface area contributed by atoms with Crippen LogP contribution in [-0.4, -0.2) is 58.9 Å². The van der Waals surface area contributed by atoms with Crippen molar-refractivity contribution in [2.45, 2.75) is 70.9 Å². The van der Waals surface area contributed by atoms with E-state index < -0.39 is 0 Å². The van der Waals surface area contributed by atoms with Crippen LogP contribution in [0.3, 0.4) is 0 Å². The first kappa shape index (κ1) is 22.3. The molecule has 4 heteroatoms. The molecule has 2 atom stereocenters. The Labute approximate surface area is 177 Å². The van der Waals surface area contributed by atoms with Crippen LogP contribution in [0.25, 0.3) is 0 Å². The zero-order valence-corrected chi connectivity index (χ0v) is 18.4. The van der Waals surface area contributed by atoms with Crippen molar-refractivity contribution in [1.82, 2.24) is 9.80 Å². The topological polar surface area (TPSA) is 46.9 Å². The molecule has 0 saturated carbocycles. The van der Waals surface area contributed by atoms with Gasteiger partial charge in [0.2, 0.25) is 0 Å². The van der Waals surface area contributed by atoms with E-state index in [-0.39, 0.29) is 18.6 Å². The maximum absolute atomic E-state index is 9.72. The van der Waals surface area contributed by atoms with Gasteiger partial charge in [0.1, 0.15) is 0 Å². The van der Waals surface area contributed by atoms with Gasteiger partial charge >= 0.3 is 0 Å². The third kappa shape index (κ3) is 4.87. The molecule has 2 aliphatic rings. The van der Waals surface area contributed by atoms with Gasteiger partial charge in [0.15, 0.2) is 0 Å². The summed E-state index contributed by atoms with van der Waals surface area (Å²) in [7, 11) is 0. The second-order valence-electron chi connectivity index (χ2n) is 9.21. The van der Waals surface area contributed by atoms with Gasteiger partial charge in [-0.1, -0.05) is 50.6 Å². The first-order valence-corrected chi connectivity index (χ1v) is 11.5. The molecule has 0 aromatic heterocycles. The Bertz CT molecular complexity index is 669. The Balaban J connectivity index is 1.91. The minimum Gasteiger partial charge on any atom is -0.396 e. The first-order valence-electron chi connectivity index (χ1n) is 11.5. The van der Waals surface area contributed by atoms with Gasteiger partial charge < -0.3 is 15.1 Å². The van der Waals surface area contributed by atoms with Crippen LogP contribution in [0.15, 0.2) is 36.5 Å². The summed E-state index contributed by atoms with van der Waals surface area (Å²) in [5.74, 6) is 0. The predicted octanol–water partition coefficient (Wildman–Crippen LogP) is 4.27. The van der Waals surface area contributed by atoms with Crippen LogP contribution in [0.1, 0.15) is 69.0 Å². The van der Waals surface area contributed by atoms with Gasteiger partial charge in [0, 0.05) is 44.6 Å². The second-order valence-corrected chi connectivity index (χ2v) is 9.21. The summed E-state index contributed by atoms with van der Waals surface area (Å²) in [4.78, 5) is 5.20. The smallest absolute Gasteiger partial charge is 0.0698 e. The van der Waals surface area contributed by atoms with Crippen molar-refractivity contribution in [1.29, 1.82) is 0 Å². The van der Waals surface area contributed by atoms with Crippen LogP contribution in [0.2, 0.25) is 0 Å². The molecule has 0 spiro atoms. The van der Waals surface area contributed by atoms with Crippen molar-refractivity contribution < 1.29 is 10.2 Å². The van der Waals surface area contributed by atoms with Gasteiger partial charge in [-0.2, -0.15) is 0 Å². The van der Waals surface area contributed by atoms with Crippen LogP contribution in [0, 0.1) is 12.3 Å². The Hall–Kier alpha value is -1.36. The lowest BCUT2D eigenvalue weighted by atomic mass is 9.77. The molecule has 2 N–H and O–H groups in total. The van der Waals surface area contributed by atoms with Crippen LogP contribution >= 0.6 is 0 Å². The molecule has 3 rings (SSSR count). The average Bonchev–Trinajstić information content (AvgIpc) is 3.06. The van der Waals surface area contributed by atoms with Gasteiger partial charge in [-0.15, -0.1) is 0 Å². The van der Waals surface area contributed by atoms with E-state index in [4.69, 9.17) is 0 Å². The Morgan fingerprint density at radius 2 is 1.86 bits per heavy atom. The number of aryl methyl sites for hydroxylation is 1. The summed E-state index contributed by atoms with van der Waals surface area (Å²) in [6.45, 7) is 12.4. The highest BCUT2D eigenvalue weighted by molar-refractivity contribution is 5.32. The Morgan fingerprint density at radius 3 is 2.52 bits per heavy atom. The number of hydrogen-bond donors (Lipinski definition) is 2. The number of allylic oxidation sites excluding steroid dienone is 1. The molecule has 0 radical (unpaired) electrons. The standard InChI is InChI=1S/C25H40N2O2/c1-4-5-6-10-21(3)27-15-14-26-19-25(12-16-28,13-17-29)18-23(26)24(27)22-11-8-7-9-20(22)2/h7-9,11,23-24,28-29H,3-6,10,12-19H2,1-2H3. The number of piperazine rings is 1. The van der Waals surface area contributed by atoms with E-state index in [9.17, 15) is 10.2 Å². The average molecular weight is 401 g/mol. The summed E-state index contributed by atoms with van der Waals surface area (Å²) in [6.07, 6.45) is 7.35. The Kier molecular flexibility index (Phi) is 7.78. The normalized spacial score (nSPS) is 23.9. The molecular weight excluding hydrogens is 360 g/mol. The summed E-state index contributed by atoms with van der Waals surface area (Å²) >= 11 is 0. The molecule has 162 valence electrons. The molecule has 2 heterocycles. The van der Waals surface area contributed by atoms with E-state index in [0.29, 0.717) is 12.1 Å². The number of hydrogen-bond acceptors (Lipinski definition) is 4. The van der Waals surface area contributed by atoms with Crippen molar-refractivity contribution in [2.24, 2.45) is 5.41 Å². The highest BCUT2D eigenvalue weighted by Gasteiger charge is 2.49. The number of fused-ring (bicyclic) bond motifs is 1. The third-order valence-electron chi connectivity index (χ3n) is 7.24. The zero-order chi connectivity index (χ0) is 20.9. The fraction of sp³-hybridized carbons (Fsp3) is 0.680. The van der Waals surface area contributed by atoms with Crippen LogP contribution in [0.5, 0.6) is 0 Å². The van der Waals surface area contributed by atoms with Crippen LogP contribution in [0.4, 0.5) is 0 Å². The number of aliphatic hydroxyl groups is 2. The number of unbranched alkanes of at least 4 members (excludes halogenated alkanes) is 2. The van der Waals surface area contributed by atoms with Crippen molar-refractivity contribution in [3.05, 3.63) is 47.7 Å². The van der Waals surface area contributed by atoms with Crippen molar-refractivity contribution in [2.75, 3.05) is 32.8 Å². The van der Waals surface area contributed by atoms with Crippen molar-refractivity contribution >= 4 is 0 Å². The monoisotopic (exact) mass is 400 g/mol. The van der Waals surface area contributed by atoms with E-state index >= 15 is 0 Å². The molecule has 0 amide bonds. The predicted molar refractivity (Wildman–Crippen MR) is 120 cm³/mol. The minimum absolute atomic E-state index is 0.0225. The lowest BCUT2D eigenvalue weighted by Crippen LogP contribution is -2.51. The van der Waals surface area contributed by atoms with Crippen LogP contribution in [-0.2, 0) is 0 Å². The molecule has 2 fully saturated rings. The molecule has 1 aromatic rings. The molecular formula is C25H40N2O2. The second kappa shape index (κ2) is 10.1. The maximum Gasteiger partial charge on any atom is 0.0698 e. The lowest BCUT2D eigenvalue weighted by Gasteiger charge is -2.47.